The molecule has 2 nitrogen and oxygen atoms in total. The summed E-state index contributed by atoms with van der Waals surface area (Å²) in [6.07, 6.45) is 3.98. The Balaban J connectivity index is 2.58. The van der Waals surface area contributed by atoms with Gasteiger partial charge in [-0.1, -0.05) is 55.8 Å². The molecule has 0 aromatic heterocycles. The second-order valence-electron chi connectivity index (χ2n) is 5.26. The highest BCUT2D eigenvalue weighted by Gasteiger charge is 2.46. The highest BCUT2D eigenvalue weighted by atomic mass is 14.5. The van der Waals surface area contributed by atoms with Crippen LogP contribution < -0.4 is 0 Å². The van der Waals surface area contributed by atoms with Crippen molar-refractivity contribution in [2.75, 3.05) is 0 Å². The van der Waals surface area contributed by atoms with Crippen molar-refractivity contribution in [1.82, 2.24) is 0 Å². The van der Waals surface area contributed by atoms with Crippen molar-refractivity contribution in [2.24, 2.45) is 11.3 Å². The van der Waals surface area contributed by atoms with Gasteiger partial charge in [0, 0.05) is 5.92 Å². The van der Waals surface area contributed by atoms with Crippen LogP contribution in [0, 0.1) is 34.0 Å². The molecule has 0 aliphatic heterocycles. The number of benzene rings is 1. The zero-order chi connectivity index (χ0) is 13.9. The molecule has 0 amide bonds. The summed E-state index contributed by atoms with van der Waals surface area (Å²) in [6.45, 7) is 4.15. The summed E-state index contributed by atoms with van der Waals surface area (Å²) in [5.41, 5.74) is 1.46. The van der Waals surface area contributed by atoms with Crippen LogP contribution in [0.3, 0.4) is 0 Å². The minimum Gasteiger partial charge on any atom is -0.197 e. The van der Waals surface area contributed by atoms with Crippen LogP contribution in [0.15, 0.2) is 42.0 Å². The first-order valence-electron chi connectivity index (χ1n) is 6.75. The monoisotopic (exact) mass is 250 g/mol. The molecule has 0 unspecified atom stereocenters. The lowest BCUT2D eigenvalue weighted by Gasteiger charge is -2.37. The fourth-order valence-electron chi connectivity index (χ4n) is 2.96. The molecule has 19 heavy (non-hydrogen) atoms. The van der Waals surface area contributed by atoms with E-state index in [-0.39, 0.29) is 11.8 Å². The molecule has 2 heteroatoms. The smallest absolute Gasteiger partial charge is 0.156 e. The maximum absolute atomic E-state index is 9.60. The Hall–Kier alpha value is -2.06. The first kappa shape index (κ1) is 13.4. The molecule has 1 aliphatic rings. The lowest BCUT2D eigenvalue weighted by molar-refractivity contribution is 0.288. The number of hydrogen-bond donors (Lipinski definition) is 0. The van der Waals surface area contributed by atoms with Gasteiger partial charge >= 0.3 is 0 Å². The zero-order valence-corrected chi connectivity index (χ0v) is 11.4. The molecule has 2 rings (SSSR count). The first-order chi connectivity index (χ1) is 9.17. The summed E-state index contributed by atoms with van der Waals surface area (Å²) in [5.74, 6) is -0.0601. The van der Waals surface area contributed by atoms with Gasteiger partial charge in [0.1, 0.15) is 0 Å². The largest absolute Gasteiger partial charge is 0.197 e. The van der Waals surface area contributed by atoms with E-state index in [1.165, 1.54) is 5.57 Å². The number of hydrogen-bond acceptors (Lipinski definition) is 2. The van der Waals surface area contributed by atoms with Gasteiger partial charge in [-0.3, -0.25) is 0 Å². The maximum Gasteiger partial charge on any atom is 0.156 e. The van der Waals surface area contributed by atoms with Crippen LogP contribution in [-0.4, -0.2) is 0 Å². The average Bonchev–Trinajstić information content (AvgIpc) is 2.47. The van der Waals surface area contributed by atoms with Gasteiger partial charge in [-0.2, -0.15) is 10.5 Å². The van der Waals surface area contributed by atoms with Crippen LogP contribution in [0.25, 0.3) is 0 Å². The van der Waals surface area contributed by atoms with Crippen molar-refractivity contribution in [3.8, 4) is 12.1 Å². The highest BCUT2D eigenvalue weighted by Crippen LogP contribution is 2.49. The van der Waals surface area contributed by atoms with Gasteiger partial charge in [-0.05, 0) is 24.3 Å². The van der Waals surface area contributed by atoms with Crippen molar-refractivity contribution in [2.45, 2.75) is 32.6 Å². The van der Waals surface area contributed by atoms with Gasteiger partial charge in [0.2, 0.25) is 0 Å². The average molecular weight is 250 g/mol. The molecular formula is C17H18N2. The minimum absolute atomic E-state index is 0.0626. The van der Waals surface area contributed by atoms with Gasteiger partial charge < -0.3 is 0 Å². The van der Waals surface area contributed by atoms with Crippen molar-refractivity contribution in [3.63, 3.8) is 0 Å². The summed E-state index contributed by atoms with van der Waals surface area (Å²) < 4.78 is 0. The Morgan fingerprint density at radius 3 is 2.37 bits per heavy atom. The summed E-state index contributed by atoms with van der Waals surface area (Å²) in [5, 5.41) is 19.2. The first-order valence-corrected chi connectivity index (χ1v) is 6.75. The lowest BCUT2D eigenvalue weighted by Crippen LogP contribution is -2.35. The fraction of sp³-hybridized carbons (Fsp3) is 0.412. The van der Waals surface area contributed by atoms with Crippen LogP contribution >= 0.6 is 0 Å². The van der Waals surface area contributed by atoms with E-state index in [2.05, 4.69) is 25.1 Å². The van der Waals surface area contributed by atoms with Crippen LogP contribution in [0.1, 0.15) is 38.2 Å². The van der Waals surface area contributed by atoms with Crippen molar-refractivity contribution >= 4 is 0 Å². The molecule has 0 spiro atoms. The number of nitrogens with zero attached hydrogens (tertiary/aromatic N) is 2. The SMILES string of the molecule is CCC1=C[C@@H](c2ccccc2)C(C#N)(C#N)[C@H](C)C1. The van der Waals surface area contributed by atoms with Gasteiger partial charge in [-0.15, -0.1) is 0 Å². The van der Waals surface area contributed by atoms with Crippen molar-refractivity contribution in [1.29, 1.82) is 10.5 Å². The summed E-state index contributed by atoms with van der Waals surface area (Å²) in [7, 11) is 0. The van der Waals surface area contributed by atoms with E-state index < -0.39 is 5.41 Å². The predicted octanol–water partition coefficient (Wildman–Crippen LogP) is 4.18. The summed E-state index contributed by atoms with van der Waals surface area (Å²) in [6, 6.07) is 14.5. The third kappa shape index (κ3) is 2.15. The minimum atomic E-state index is -0.944. The second kappa shape index (κ2) is 5.29. The van der Waals surface area contributed by atoms with Crippen LogP contribution in [0.4, 0.5) is 0 Å². The van der Waals surface area contributed by atoms with Crippen molar-refractivity contribution < 1.29 is 0 Å². The Kier molecular flexibility index (Phi) is 3.72. The second-order valence-corrected chi connectivity index (χ2v) is 5.26. The normalized spacial score (nSPS) is 24.9. The molecule has 1 aliphatic carbocycles. The number of allylic oxidation sites excluding steroid dienone is 2. The third-order valence-electron chi connectivity index (χ3n) is 4.22. The van der Waals surface area contributed by atoms with Crippen LogP contribution in [0.5, 0.6) is 0 Å². The van der Waals surface area contributed by atoms with Gasteiger partial charge in [0.25, 0.3) is 0 Å². The third-order valence-corrected chi connectivity index (χ3v) is 4.22. The molecular weight excluding hydrogens is 232 g/mol. The van der Waals surface area contributed by atoms with E-state index in [0.29, 0.717) is 0 Å². The summed E-state index contributed by atoms with van der Waals surface area (Å²) in [4.78, 5) is 0. The molecule has 1 aromatic carbocycles. The van der Waals surface area contributed by atoms with E-state index in [1.807, 2.05) is 37.3 Å². The van der Waals surface area contributed by atoms with E-state index in [9.17, 15) is 10.5 Å². The standard InChI is InChI=1S/C17H18N2/c1-3-14-9-13(2)17(11-18,12-19)16(10-14)15-7-5-4-6-8-15/h4-8,10,13,16H,3,9H2,1-2H3/t13-,16+/m1/s1. The van der Waals surface area contributed by atoms with Gasteiger partial charge in [0.05, 0.1) is 12.1 Å². The van der Waals surface area contributed by atoms with Crippen LogP contribution in [-0.2, 0) is 0 Å². The van der Waals surface area contributed by atoms with Crippen LogP contribution in [0.2, 0.25) is 0 Å². The molecule has 96 valence electrons. The molecule has 2 atom stereocenters. The van der Waals surface area contributed by atoms with E-state index in [1.54, 1.807) is 0 Å². The Bertz CT molecular complexity index is 543. The molecule has 0 saturated heterocycles. The number of rotatable bonds is 2. The molecule has 0 radical (unpaired) electrons. The molecule has 0 N–H and O–H groups in total. The topological polar surface area (TPSA) is 47.6 Å². The molecule has 1 aromatic rings. The van der Waals surface area contributed by atoms with E-state index >= 15 is 0 Å². The van der Waals surface area contributed by atoms with Gasteiger partial charge in [0.15, 0.2) is 5.41 Å². The highest BCUT2D eigenvalue weighted by molar-refractivity contribution is 5.39. The van der Waals surface area contributed by atoms with Crippen molar-refractivity contribution in [3.05, 3.63) is 47.5 Å². The van der Waals surface area contributed by atoms with E-state index in [4.69, 9.17) is 0 Å². The number of nitriles is 2. The van der Waals surface area contributed by atoms with E-state index in [0.717, 1.165) is 18.4 Å². The molecule has 0 heterocycles. The molecule has 0 bridgehead atoms. The lowest BCUT2D eigenvalue weighted by atomic mass is 9.61. The Morgan fingerprint density at radius 2 is 1.84 bits per heavy atom. The summed E-state index contributed by atoms with van der Waals surface area (Å²) >= 11 is 0. The predicted molar refractivity (Wildman–Crippen MR) is 75.0 cm³/mol. The van der Waals surface area contributed by atoms with Gasteiger partial charge in [-0.25, -0.2) is 0 Å². The Labute approximate surface area is 115 Å². The molecule has 0 saturated carbocycles. The molecule has 0 fully saturated rings. The Morgan fingerprint density at radius 1 is 1.21 bits per heavy atom. The zero-order valence-electron chi connectivity index (χ0n) is 11.4. The fourth-order valence-corrected chi connectivity index (χ4v) is 2.96. The quantitative estimate of drug-likeness (QED) is 0.739. The maximum atomic E-state index is 9.60.